The zero-order chi connectivity index (χ0) is 20.0. The molecule has 2 rings (SSSR count). The summed E-state index contributed by atoms with van der Waals surface area (Å²) in [6.45, 7) is 8.43. The zero-order valence-electron chi connectivity index (χ0n) is 17.0. The zero-order valence-corrected chi connectivity index (χ0v) is 17.8. The molecule has 0 heterocycles. The largest absolute Gasteiger partial charge is 0.490 e. The molecule has 0 spiro atoms. The van der Waals surface area contributed by atoms with Crippen LogP contribution in [0.2, 0.25) is 5.02 Å². The first kappa shape index (κ1) is 22.5. The molecule has 0 atom stereocenters. The fourth-order valence-electron chi connectivity index (χ4n) is 2.74. The summed E-state index contributed by atoms with van der Waals surface area (Å²) in [5.74, 6) is 1.28. The molecule has 0 amide bonds. The van der Waals surface area contributed by atoms with Crippen molar-refractivity contribution in [2.75, 3.05) is 26.4 Å². The molecular weight excluding hydrogens is 374 g/mol. The molecule has 2 aromatic rings. The average molecular weight is 406 g/mol. The lowest BCUT2D eigenvalue weighted by atomic mass is 10.2. The highest BCUT2D eigenvalue weighted by molar-refractivity contribution is 6.32. The van der Waals surface area contributed by atoms with Gasteiger partial charge in [0.05, 0.1) is 11.6 Å². The molecule has 0 unspecified atom stereocenters. The van der Waals surface area contributed by atoms with Crippen molar-refractivity contribution in [3.63, 3.8) is 0 Å². The molecule has 5 heteroatoms. The lowest BCUT2D eigenvalue weighted by molar-refractivity contribution is 0.129. The van der Waals surface area contributed by atoms with Gasteiger partial charge in [0.25, 0.3) is 0 Å². The fourth-order valence-corrected chi connectivity index (χ4v) is 3.02. The SMILES string of the molecule is CCCCOCCCNCc1cc(Cl)c(OCc2ccccc2)c(OCC)c1. The van der Waals surface area contributed by atoms with Gasteiger partial charge in [-0.25, -0.2) is 0 Å². The van der Waals surface area contributed by atoms with Crippen LogP contribution >= 0.6 is 11.6 Å². The molecule has 154 valence electrons. The van der Waals surface area contributed by atoms with Crippen LogP contribution in [0, 0.1) is 0 Å². The van der Waals surface area contributed by atoms with E-state index >= 15 is 0 Å². The smallest absolute Gasteiger partial charge is 0.180 e. The fraction of sp³-hybridized carbons (Fsp3) is 0.478. The molecular formula is C23H32ClNO3. The van der Waals surface area contributed by atoms with E-state index in [2.05, 4.69) is 12.2 Å². The maximum absolute atomic E-state index is 6.49. The van der Waals surface area contributed by atoms with Crippen molar-refractivity contribution in [3.05, 3.63) is 58.6 Å². The molecule has 0 aliphatic heterocycles. The van der Waals surface area contributed by atoms with Gasteiger partial charge >= 0.3 is 0 Å². The Hall–Kier alpha value is -1.75. The molecule has 2 aromatic carbocycles. The molecule has 0 fully saturated rings. The van der Waals surface area contributed by atoms with Gasteiger partial charge in [-0.15, -0.1) is 0 Å². The summed E-state index contributed by atoms with van der Waals surface area (Å²) >= 11 is 6.49. The highest BCUT2D eigenvalue weighted by Gasteiger charge is 2.13. The molecule has 0 saturated heterocycles. The van der Waals surface area contributed by atoms with Gasteiger partial charge in [-0.1, -0.05) is 55.3 Å². The first-order valence-corrected chi connectivity index (χ1v) is 10.5. The Kier molecular flexibility index (Phi) is 10.8. The Morgan fingerprint density at radius 2 is 1.71 bits per heavy atom. The van der Waals surface area contributed by atoms with Crippen LogP contribution in [-0.2, 0) is 17.9 Å². The van der Waals surface area contributed by atoms with E-state index in [-0.39, 0.29) is 0 Å². The minimum absolute atomic E-state index is 0.455. The Morgan fingerprint density at radius 1 is 0.929 bits per heavy atom. The van der Waals surface area contributed by atoms with Crippen LogP contribution < -0.4 is 14.8 Å². The van der Waals surface area contributed by atoms with Crippen LogP contribution in [0.15, 0.2) is 42.5 Å². The number of rotatable bonds is 14. The van der Waals surface area contributed by atoms with Crippen LogP contribution in [0.4, 0.5) is 0 Å². The Bertz CT molecular complexity index is 679. The van der Waals surface area contributed by atoms with E-state index in [9.17, 15) is 0 Å². The van der Waals surface area contributed by atoms with Crippen molar-refractivity contribution >= 4 is 11.6 Å². The van der Waals surface area contributed by atoms with Crippen molar-refractivity contribution in [3.8, 4) is 11.5 Å². The summed E-state index contributed by atoms with van der Waals surface area (Å²) in [5.41, 5.74) is 2.17. The summed E-state index contributed by atoms with van der Waals surface area (Å²) in [4.78, 5) is 0. The van der Waals surface area contributed by atoms with Crippen LogP contribution in [0.1, 0.15) is 44.2 Å². The number of hydrogen-bond donors (Lipinski definition) is 1. The Morgan fingerprint density at radius 3 is 2.46 bits per heavy atom. The van der Waals surface area contributed by atoms with Gasteiger partial charge in [0.2, 0.25) is 0 Å². The average Bonchev–Trinajstić information content (AvgIpc) is 2.70. The summed E-state index contributed by atoms with van der Waals surface area (Å²) in [6, 6.07) is 14.0. The number of nitrogens with one attached hydrogen (secondary N) is 1. The summed E-state index contributed by atoms with van der Waals surface area (Å²) in [5, 5.41) is 4.00. The van der Waals surface area contributed by atoms with Crippen LogP contribution in [0.5, 0.6) is 11.5 Å². The second-order valence-electron chi connectivity index (χ2n) is 6.61. The van der Waals surface area contributed by atoms with E-state index in [4.69, 9.17) is 25.8 Å². The monoisotopic (exact) mass is 405 g/mol. The first-order valence-electron chi connectivity index (χ1n) is 10.1. The standard InChI is InChI=1S/C23H32ClNO3/c1-3-5-13-26-14-9-12-25-17-20-15-21(24)23(22(16-20)27-4-2)28-18-19-10-7-6-8-11-19/h6-8,10-11,15-16,25H,3-5,9,12-14,17-18H2,1-2H3. The van der Waals surface area contributed by atoms with Gasteiger partial charge in [0.15, 0.2) is 11.5 Å². The van der Waals surface area contributed by atoms with E-state index < -0.39 is 0 Å². The predicted molar refractivity (Wildman–Crippen MR) is 115 cm³/mol. The van der Waals surface area contributed by atoms with E-state index in [1.54, 1.807) is 0 Å². The second kappa shape index (κ2) is 13.4. The third kappa shape index (κ3) is 8.09. The number of benzene rings is 2. The maximum atomic E-state index is 6.49. The van der Waals surface area contributed by atoms with Crippen LogP contribution in [0.3, 0.4) is 0 Å². The van der Waals surface area contributed by atoms with E-state index in [0.717, 1.165) is 50.3 Å². The number of halogens is 1. The number of ether oxygens (including phenoxy) is 3. The second-order valence-corrected chi connectivity index (χ2v) is 7.02. The van der Waals surface area contributed by atoms with Gasteiger partial charge in [0.1, 0.15) is 6.61 Å². The van der Waals surface area contributed by atoms with Crippen molar-refractivity contribution in [2.24, 2.45) is 0 Å². The molecule has 0 bridgehead atoms. The highest BCUT2D eigenvalue weighted by atomic mass is 35.5. The van der Waals surface area contributed by atoms with Gasteiger partial charge in [-0.2, -0.15) is 0 Å². The molecule has 0 aliphatic rings. The lowest BCUT2D eigenvalue weighted by Crippen LogP contribution is -2.16. The summed E-state index contributed by atoms with van der Waals surface area (Å²) in [7, 11) is 0. The van der Waals surface area contributed by atoms with E-state index in [1.807, 2.05) is 49.4 Å². The van der Waals surface area contributed by atoms with E-state index in [0.29, 0.717) is 29.7 Å². The van der Waals surface area contributed by atoms with Crippen LogP contribution in [0.25, 0.3) is 0 Å². The van der Waals surface area contributed by atoms with Crippen molar-refractivity contribution in [1.82, 2.24) is 5.32 Å². The van der Waals surface area contributed by atoms with Crippen molar-refractivity contribution in [2.45, 2.75) is 46.3 Å². The van der Waals surface area contributed by atoms with Crippen molar-refractivity contribution < 1.29 is 14.2 Å². The normalized spacial score (nSPS) is 10.8. The molecule has 0 saturated carbocycles. The third-order valence-corrected chi connectivity index (χ3v) is 4.49. The predicted octanol–water partition coefficient (Wildman–Crippen LogP) is 5.61. The topological polar surface area (TPSA) is 39.7 Å². The van der Waals surface area contributed by atoms with Gasteiger partial charge in [-0.3, -0.25) is 0 Å². The Balaban J connectivity index is 1.86. The Labute approximate surface area is 174 Å². The quantitative estimate of drug-likeness (QED) is 0.414. The van der Waals surface area contributed by atoms with Gasteiger partial charge < -0.3 is 19.5 Å². The molecule has 28 heavy (non-hydrogen) atoms. The number of hydrogen-bond acceptors (Lipinski definition) is 4. The molecule has 0 radical (unpaired) electrons. The number of unbranched alkanes of at least 4 members (excludes halogenated alkanes) is 1. The van der Waals surface area contributed by atoms with Gasteiger partial charge in [0, 0.05) is 19.8 Å². The lowest BCUT2D eigenvalue weighted by Gasteiger charge is -2.16. The third-order valence-electron chi connectivity index (χ3n) is 4.21. The first-order chi connectivity index (χ1) is 13.7. The maximum Gasteiger partial charge on any atom is 0.180 e. The minimum Gasteiger partial charge on any atom is -0.490 e. The summed E-state index contributed by atoms with van der Waals surface area (Å²) in [6.07, 6.45) is 3.30. The summed E-state index contributed by atoms with van der Waals surface area (Å²) < 4.78 is 17.3. The molecule has 1 N–H and O–H groups in total. The molecule has 0 aliphatic carbocycles. The minimum atomic E-state index is 0.455. The van der Waals surface area contributed by atoms with Crippen molar-refractivity contribution in [1.29, 1.82) is 0 Å². The van der Waals surface area contributed by atoms with Crippen LogP contribution in [-0.4, -0.2) is 26.4 Å². The van der Waals surface area contributed by atoms with Gasteiger partial charge in [-0.05, 0) is 49.6 Å². The molecule has 4 nitrogen and oxygen atoms in total. The highest BCUT2D eigenvalue weighted by Crippen LogP contribution is 2.37. The molecule has 0 aromatic heterocycles. The van der Waals surface area contributed by atoms with E-state index in [1.165, 1.54) is 6.42 Å².